The second kappa shape index (κ2) is 6.84. The van der Waals surface area contributed by atoms with Crippen molar-refractivity contribution in [1.29, 1.82) is 0 Å². The maximum atomic E-state index is 12.4. The monoisotopic (exact) mass is 341 g/mol. The first kappa shape index (κ1) is 17.7. The highest BCUT2D eigenvalue weighted by molar-refractivity contribution is 7.88. The molecule has 1 atom stereocenters. The van der Waals surface area contributed by atoms with Gasteiger partial charge in [-0.05, 0) is 38.3 Å². The highest BCUT2D eigenvalue weighted by Gasteiger charge is 2.34. The second-order valence-corrected chi connectivity index (χ2v) is 7.98. The molecule has 7 nitrogen and oxygen atoms in total. The first-order valence-electron chi connectivity index (χ1n) is 7.64. The number of aryl methyl sites for hydroxylation is 2. The van der Waals surface area contributed by atoms with Crippen LogP contribution in [0.4, 0.5) is 0 Å². The average molecular weight is 341 g/mol. The number of nitrogens with one attached hydrogen (secondary N) is 2. The summed E-state index contributed by atoms with van der Waals surface area (Å²) in [5, 5.41) is 2.71. The Bertz CT molecular complexity index is 754. The van der Waals surface area contributed by atoms with Crippen LogP contribution in [0.15, 0.2) is 10.9 Å². The van der Waals surface area contributed by atoms with E-state index in [-0.39, 0.29) is 18.0 Å². The van der Waals surface area contributed by atoms with Crippen LogP contribution in [-0.2, 0) is 21.4 Å². The molecule has 1 fully saturated rings. The van der Waals surface area contributed by atoms with Gasteiger partial charge in [0.25, 0.3) is 5.56 Å². The fourth-order valence-corrected chi connectivity index (χ4v) is 4.08. The average Bonchev–Trinajstić information content (AvgIpc) is 2.45. The van der Waals surface area contributed by atoms with Gasteiger partial charge in [0.05, 0.1) is 6.26 Å². The molecule has 0 radical (unpaired) electrons. The van der Waals surface area contributed by atoms with Crippen LogP contribution in [0, 0.1) is 13.8 Å². The van der Waals surface area contributed by atoms with E-state index in [0.717, 1.165) is 30.4 Å². The van der Waals surface area contributed by atoms with Gasteiger partial charge in [-0.25, -0.2) is 8.42 Å². The number of pyridine rings is 1. The molecule has 1 aromatic rings. The van der Waals surface area contributed by atoms with Gasteiger partial charge in [0.1, 0.15) is 6.04 Å². The van der Waals surface area contributed by atoms with E-state index in [1.165, 1.54) is 4.31 Å². The van der Waals surface area contributed by atoms with Gasteiger partial charge in [0.2, 0.25) is 15.9 Å². The molecule has 1 saturated heterocycles. The molecule has 1 aliphatic rings. The zero-order valence-corrected chi connectivity index (χ0v) is 14.5. The molecule has 1 aromatic heterocycles. The molecule has 1 unspecified atom stereocenters. The van der Waals surface area contributed by atoms with Gasteiger partial charge in [-0.2, -0.15) is 4.31 Å². The number of amides is 1. The smallest absolute Gasteiger partial charge is 0.253 e. The minimum Gasteiger partial charge on any atom is -0.350 e. The van der Waals surface area contributed by atoms with E-state index in [1.807, 2.05) is 13.0 Å². The molecular formula is C15H23N3O4S. The summed E-state index contributed by atoms with van der Waals surface area (Å²) in [6.45, 7) is 4.06. The number of H-pyrrole nitrogens is 1. The Labute approximate surface area is 136 Å². The Morgan fingerprint density at radius 1 is 1.39 bits per heavy atom. The quantitative estimate of drug-likeness (QED) is 0.829. The summed E-state index contributed by atoms with van der Waals surface area (Å²) in [7, 11) is -3.42. The fourth-order valence-electron chi connectivity index (χ4n) is 2.96. The van der Waals surface area contributed by atoms with Crippen molar-refractivity contribution in [2.24, 2.45) is 0 Å². The van der Waals surface area contributed by atoms with E-state index in [1.54, 1.807) is 6.92 Å². The molecule has 23 heavy (non-hydrogen) atoms. The van der Waals surface area contributed by atoms with Crippen molar-refractivity contribution in [3.63, 3.8) is 0 Å². The highest BCUT2D eigenvalue weighted by atomic mass is 32.2. The van der Waals surface area contributed by atoms with E-state index in [4.69, 9.17) is 0 Å². The van der Waals surface area contributed by atoms with Crippen molar-refractivity contribution in [2.45, 2.75) is 45.7 Å². The number of carbonyl (C=O) groups is 1. The minimum atomic E-state index is -3.42. The van der Waals surface area contributed by atoms with E-state index >= 15 is 0 Å². The van der Waals surface area contributed by atoms with Gasteiger partial charge in [-0.1, -0.05) is 6.42 Å². The molecule has 0 spiro atoms. The molecule has 8 heteroatoms. The highest BCUT2D eigenvalue weighted by Crippen LogP contribution is 2.20. The summed E-state index contributed by atoms with van der Waals surface area (Å²) in [6, 6.07) is 1.15. The molecule has 0 saturated carbocycles. The second-order valence-electron chi connectivity index (χ2n) is 6.05. The van der Waals surface area contributed by atoms with Gasteiger partial charge < -0.3 is 10.3 Å². The molecule has 0 aliphatic carbocycles. The molecule has 1 amide bonds. The number of carbonyl (C=O) groups excluding carboxylic acids is 1. The number of piperidine rings is 1. The van der Waals surface area contributed by atoms with Gasteiger partial charge in [0.15, 0.2) is 0 Å². The normalized spacial score (nSPS) is 19.5. The molecule has 0 bridgehead atoms. The number of nitrogens with zero attached hydrogens (tertiary/aromatic N) is 1. The maximum Gasteiger partial charge on any atom is 0.253 e. The van der Waals surface area contributed by atoms with Crippen LogP contribution in [0.5, 0.6) is 0 Å². The number of aromatic nitrogens is 1. The number of hydrogen-bond donors (Lipinski definition) is 2. The summed E-state index contributed by atoms with van der Waals surface area (Å²) < 4.78 is 24.9. The molecule has 1 aliphatic heterocycles. The lowest BCUT2D eigenvalue weighted by Crippen LogP contribution is -2.51. The Balaban J connectivity index is 2.11. The van der Waals surface area contributed by atoms with Crippen LogP contribution < -0.4 is 10.9 Å². The van der Waals surface area contributed by atoms with Crippen molar-refractivity contribution in [1.82, 2.24) is 14.6 Å². The third kappa shape index (κ3) is 4.20. The van der Waals surface area contributed by atoms with Crippen LogP contribution in [0.1, 0.15) is 36.1 Å². The maximum absolute atomic E-state index is 12.4. The van der Waals surface area contributed by atoms with Crippen LogP contribution >= 0.6 is 0 Å². The summed E-state index contributed by atoms with van der Waals surface area (Å²) in [6.07, 6.45) is 3.19. The number of rotatable bonds is 4. The Hall–Kier alpha value is -1.67. The Kier molecular flexibility index (Phi) is 5.26. The van der Waals surface area contributed by atoms with Crippen molar-refractivity contribution in [3.05, 3.63) is 33.2 Å². The lowest BCUT2D eigenvalue weighted by molar-refractivity contribution is -0.125. The third-order valence-corrected chi connectivity index (χ3v) is 5.40. The topological polar surface area (TPSA) is 99.3 Å². The van der Waals surface area contributed by atoms with Crippen LogP contribution in [-0.4, -0.2) is 42.5 Å². The number of aromatic amines is 1. The zero-order valence-electron chi connectivity index (χ0n) is 13.7. The van der Waals surface area contributed by atoms with Gasteiger partial charge in [-0.15, -0.1) is 0 Å². The molecule has 2 rings (SSSR count). The molecule has 0 aromatic carbocycles. The predicted molar refractivity (Wildman–Crippen MR) is 87.6 cm³/mol. The first-order chi connectivity index (χ1) is 10.7. The summed E-state index contributed by atoms with van der Waals surface area (Å²) >= 11 is 0. The molecule has 2 heterocycles. The van der Waals surface area contributed by atoms with Crippen molar-refractivity contribution < 1.29 is 13.2 Å². The number of hydrogen-bond acceptors (Lipinski definition) is 4. The zero-order chi connectivity index (χ0) is 17.2. The van der Waals surface area contributed by atoms with E-state index in [2.05, 4.69) is 10.3 Å². The minimum absolute atomic E-state index is 0.0916. The third-order valence-electron chi connectivity index (χ3n) is 4.12. The summed E-state index contributed by atoms with van der Waals surface area (Å²) in [4.78, 5) is 27.1. The van der Waals surface area contributed by atoms with Crippen LogP contribution in [0.2, 0.25) is 0 Å². The van der Waals surface area contributed by atoms with Gasteiger partial charge >= 0.3 is 0 Å². The van der Waals surface area contributed by atoms with Crippen molar-refractivity contribution >= 4 is 15.9 Å². The standard InChI is InChI=1S/C15H23N3O4S/c1-10-8-11(2)17-14(19)12(10)9-16-15(20)13-6-4-5-7-18(13)23(3,21)22/h8,13H,4-7,9H2,1-3H3,(H,16,20)(H,17,19). The van der Waals surface area contributed by atoms with Crippen molar-refractivity contribution in [3.8, 4) is 0 Å². The van der Waals surface area contributed by atoms with Crippen LogP contribution in [0.3, 0.4) is 0 Å². The fraction of sp³-hybridized carbons (Fsp3) is 0.600. The lowest BCUT2D eigenvalue weighted by Gasteiger charge is -2.32. The van der Waals surface area contributed by atoms with Crippen LogP contribution in [0.25, 0.3) is 0 Å². The largest absolute Gasteiger partial charge is 0.350 e. The van der Waals surface area contributed by atoms with Gasteiger partial charge in [-0.3, -0.25) is 9.59 Å². The van der Waals surface area contributed by atoms with E-state index in [9.17, 15) is 18.0 Å². The number of sulfonamides is 1. The summed E-state index contributed by atoms with van der Waals surface area (Å²) in [5.41, 5.74) is 1.82. The predicted octanol–water partition coefficient (Wildman–Crippen LogP) is 0.422. The molecule has 2 N–H and O–H groups in total. The first-order valence-corrected chi connectivity index (χ1v) is 9.49. The molecule has 128 valence electrons. The molecular weight excluding hydrogens is 318 g/mol. The van der Waals surface area contributed by atoms with E-state index < -0.39 is 16.1 Å². The van der Waals surface area contributed by atoms with Crippen molar-refractivity contribution in [2.75, 3.05) is 12.8 Å². The van der Waals surface area contributed by atoms with E-state index in [0.29, 0.717) is 18.5 Å². The lowest BCUT2D eigenvalue weighted by atomic mass is 10.0. The Morgan fingerprint density at radius 3 is 2.70 bits per heavy atom. The van der Waals surface area contributed by atoms with Gasteiger partial charge in [0, 0.05) is 24.3 Å². The Morgan fingerprint density at radius 2 is 2.09 bits per heavy atom. The SMILES string of the molecule is Cc1cc(C)c(CNC(=O)C2CCCCN2S(C)(=O)=O)c(=O)[nH]1. The summed E-state index contributed by atoms with van der Waals surface area (Å²) in [5.74, 6) is -0.352.